The molecule has 1 fully saturated rings. The van der Waals surface area contributed by atoms with Crippen molar-refractivity contribution < 1.29 is 4.79 Å². The topological polar surface area (TPSA) is 46.3 Å². The molecule has 68 valence electrons. The van der Waals surface area contributed by atoms with Crippen LogP contribution >= 0.6 is 0 Å². The first-order valence-electron chi connectivity index (χ1n) is 4.40. The second kappa shape index (κ2) is 4.26. The van der Waals surface area contributed by atoms with Crippen LogP contribution in [0.2, 0.25) is 0 Å². The Labute approximate surface area is 73.2 Å². The Morgan fingerprint density at radius 2 is 1.92 bits per heavy atom. The number of nitrogens with zero attached hydrogens (tertiary/aromatic N) is 1. The smallest absolute Gasteiger partial charge is 0.245 e. The molecule has 3 nitrogen and oxygen atoms in total. The first-order chi connectivity index (χ1) is 5.70. The third-order valence-corrected chi connectivity index (χ3v) is 2.21. The molecule has 1 aliphatic rings. The van der Waals surface area contributed by atoms with E-state index in [4.69, 9.17) is 5.73 Å². The predicted octanol–water partition coefficient (Wildman–Crippen LogP) is 0.514. The van der Waals surface area contributed by atoms with Crippen molar-refractivity contribution >= 4 is 5.91 Å². The molecule has 0 aromatic heterocycles. The van der Waals surface area contributed by atoms with E-state index in [0.29, 0.717) is 12.1 Å². The van der Waals surface area contributed by atoms with E-state index in [9.17, 15) is 4.79 Å². The molecule has 0 saturated carbocycles. The molecular formula is C9H16N2O. The SMILES string of the molecule is C=C(CN1CCCCC1)C(N)=O. The third kappa shape index (κ3) is 2.66. The average molecular weight is 168 g/mol. The van der Waals surface area contributed by atoms with E-state index >= 15 is 0 Å². The van der Waals surface area contributed by atoms with Gasteiger partial charge in [-0.15, -0.1) is 0 Å². The third-order valence-electron chi connectivity index (χ3n) is 2.21. The van der Waals surface area contributed by atoms with Gasteiger partial charge in [0.05, 0.1) is 0 Å². The fourth-order valence-electron chi connectivity index (χ4n) is 1.47. The molecule has 0 unspecified atom stereocenters. The lowest BCUT2D eigenvalue weighted by Crippen LogP contribution is -2.34. The number of hydrogen-bond acceptors (Lipinski definition) is 2. The van der Waals surface area contributed by atoms with Crippen LogP contribution in [0.4, 0.5) is 0 Å². The van der Waals surface area contributed by atoms with Gasteiger partial charge in [-0.05, 0) is 25.9 Å². The van der Waals surface area contributed by atoms with Gasteiger partial charge in [-0.2, -0.15) is 0 Å². The van der Waals surface area contributed by atoms with E-state index in [1.54, 1.807) is 0 Å². The molecule has 0 aliphatic carbocycles. The molecule has 2 N–H and O–H groups in total. The summed E-state index contributed by atoms with van der Waals surface area (Å²) < 4.78 is 0. The summed E-state index contributed by atoms with van der Waals surface area (Å²) >= 11 is 0. The van der Waals surface area contributed by atoms with Gasteiger partial charge in [0.25, 0.3) is 0 Å². The van der Waals surface area contributed by atoms with Crippen LogP contribution in [-0.4, -0.2) is 30.4 Å². The van der Waals surface area contributed by atoms with Gasteiger partial charge in [-0.25, -0.2) is 0 Å². The Hall–Kier alpha value is -0.830. The average Bonchev–Trinajstić information content (AvgIpc) is 2.06. The number of nitrogens with two attached hydrogens (primary N) is 1. The number of piperidine rings is 1. The number of hydrogen-bond donors (Lipinski definition) is 1. The molecule has 1 aliphatic heterocycles. The van der Waals surface area contributed by atoms with Crippen molar-refractivity contribution in [2.24, 2.45) is 5.73 Å². The van der Waals surface area contributed by atoms with Gasteiger partial charge in [0.15, 0.2) is 0 Å². The summed E-state index contributed by atoms with van der Waals surface area (Å²) in [4.78, 5) is 12.9. The van der Waals surface area contributed by atoms with Crippen molar-refractivity contribution in [2.45, 2.75) is 19.3 Å². The Bertz CT molecular complexity index is 183. The molecule has 0 bridgehead atoms. The van der Waals surface area contributed by atoms with Gasteiger partial charge >= 0.3 is 0 Å². The zero-order chi connectivity index (χ0) is 8.97. The zero-order valence-electron chi connectivity index (χ0n) is 7.38. The molecule has 1 amide bonds. The lowest BCUT2D eigenvalue weighted by Gasteiger charge is -2.26. The highest BCUT2D eigenvalue weighted by Crippen LogP contribution is 2.09. The van der Waals surface area contributed by atoms with Crippen molar-refractivity contribution in [3.05, 3.63) is 12.2 Å². The highest BCUT2D eigenvalue weighted by Gasteiger charge is 2.12. The minimum Gasteiger partial charge on any atom is -0.366 e. The summed E-state index contributed by atoms with van der Waals surface area (Å²) in [5, 5.41) is 0. The van der Waals surface area contributed by atoms with E-state index < -0.39 is 0 Å². The molecule has 12 heavy (non-hydrogen) atoms. The first-order valence-corrected chi connectivity index (χ1v) is 4.40. The minimum atomic E-state index is -0.374. The maximum atomic E-state index is 10.7. The monoisotopic (exact) mass is 168 g/mol. The van der Waals surface area contributed by atoms with Gasteiger partial charge < -0.3 is 5.73 Å². The summed E-state index contributed by atoms with van der Waals surface area (Å²) in [6.45, 7) is 6.43. The minimum absolute atomic E-state index is 0.374. The highest BCUT2D eigenvalue weighted by molar-refractivity contribution is 5.91. The van der Waals surface area contributed by atoms with E-state index in [0.717, 1.165) is 13.1 Å². The van der Waals surface area contributed by atoms with Crippen LogP contribution in [0.3, 0.4) is 0 Å². The molecule has 0 atom stereocenters. The zero-order valence-corrected chi connectivity index (χ0v) is 7.38. The van der Waals surface area contributed by atoms with Gasteiger partial charge in [-0.3, -0.25) is 9.69 Å². The van der Waals surface area contributed by atoms with Crippen molar-refractivity contribution in [2.75, 3.05) is 19.6 Å². The fraction of sp³-hybridized carbons (Fsp3) is 0.667. The number of primary amides is 1. The molecular weight excluding hydrogens is 152 g/mol. The molecule has 0 spiro atoms. The molecule has 3 heteroatoms. The molecule has 0 aromatic rings. The predicted molar refractivity (Wildman–Crippen MR) is 48.6 cm³/mol. The number of likely N-dealkylation sites (tertiary alicyclic amines) is 1. The van der Waals surface area contributed by atoms with Crippen LogP contribution in [0.1, 0.15) is 19.3 Å². The number of amides is 1. The maximum Gasteiger partial charge on any atom is 0.245 e. The van der Waals surface area contributed by atoms with Gasteiger partial charge in [0.2, 0.25) is 5.91 Å². The Balaban J connectivity index is 2.29. The van der Waals surface area contributed by atoms with Crippen LogP contribution in [0.5, 0.6) is 0 Å². The second-order valence-electron chi connectivity index (χ2n) is 3.30. The largest absolute Gasteiger partial charge is 0.366 e. The normalized spacial score (nSPS) is 19.0. The van der Waals surface area contributed by atoms with Crippen molar-refractivity contribution in [1.29, 1.82) is 0 Å². The summed E-state index contributed by atoms with van der Waals surface area (Å²) in [6.07, 6.45) is 3.76. The van der Waals surface area contributed by atoms with Gasteiger partial charge in [0.1, 0.15) is 0 Å². The van der Waals surface area contributed by atoms with Crippen molar-refractivity contribution in [3.63, 3.8) is 0 Å². The number of rotatable bonds is 3. The molecule has 1 saturated heterocycles. The lowest BCUT2D eigenvalue weighted by atomic mass is 10.1. The van der Waals surface area contributed by atoms with Crippen LogP contribution in [0.15, 0.2) is 12.2 Å². The molecule has 1 rings (SSSR count). The van der Waals surface area contributed by atoms with E-state index in [1.807, 2.05) is 0 Å². The van der Waals surface area contributed by atoms with Crippen LogP contribution < -0.4 is 5.73 Å². The van der Waals surface area contributed by atoms with E-state index in [-0.39, 0.29) is 5.91 Å². The van der Waals surface area contributed by atoms with E-state index in [2.05, 4.69) is 11.5 Å². The highest BCUT2D eigenvalue weighted by atomic mass is 16.1. The van der Waals surface area contributed by atoms with Crippen LogP contribution in [0.25, 0.3) is 0 Å². The summed E-state index contributed by atoms with van der Waals surface area (Å²) in [7, 11) is 0. The summed E-state index contributed by atoms with van der Waals surface area (Å²) in [6, 6.07) is 0. The maximum absolute atomic E-state index is 10.7. The summed E-state index contributed by atoms with van der Waals surface area (Å²) in [5.41, 5.74) is 5.61. The fourth-order valence-corrected chi connectivity index (χ4v) is 1.47. The van der Waals surface area contributed by atoms with E-state index in [1.165, 1.54) is 19.3 Å². The Morgan fingerprint density at radius 3 is 2.42 bits per heavy atom. The van der Waals surface area contributed by atoms with Gasteiger partial charge in [0, 0.05) is 12.1 Å². The lowest BCUT2D eigenvalue weighted by molar-refractivity contribution is -0.114. The Morgan fingerprint density at radius 1 is 1.33 bits per heavy atom. The second-order valence-corrected chi connectivity index (χ2v) is 3.30. The van der Waals surface area contributed by atoms with Crippen LogP contribution in [-0.2, 0) is 4.79 Å². The van der Waals surface area contributed by atoms with Crippen molar-refractivity contribution in [1.82, 2.24) is 4.90 Å². The first kappa shape index (κ1) is 9.26. The number of carbonyl (C=O) groups is 1. The molecule has 0 aromatic carbocycles. The van der Waals surface area contributed by atoms with Crippen molar-refractivity contribution in [3.8, 4) is 0 Å². The van der Waals surface area contributed by atoms with Gasteiger partial charge in [-0.1, -0.05) is 13.0 Å². The number of carbonyl (C=O) groups excluding carboxylic acids is 1. The standard InChI is InChI=1S/C9H16N2O/c1-8(9(10)12)7-11-5-3-2-4-6-11/h1-7H2,(H2,10,12). The molecule has 1 heterocycles. The van der Waals surface area contributed by atoms with Crippen LogP contribution in [0, 0.1) is 0 Å². The Kier molecular flexibility index (Phi) is 3.29. The molecule has 0 radical (unpaired) electrons. The summed E-state index contributed by atoms with van der Waals surface area (Å²) in [5.74, 6) is -0.374. The quantitative estimate of drug-likeness (QED) is 0.624.